The summed E-state index contributed by atoms with van der Waals surface area (Å²) in [6, 6.07) is 16.6. The Morgan fingerprint density at radius 3 is 2.73 bits per heavy atom. The number of nitrogens with zero attached hydrogens (tertiary/aromatic N) is 2. The van der Waals surface area contributed by atoms with Gasteiger partial charge in [-0.15, -0.1) is 0 Å². The number of halogens is 1. The average Bonchev–Trinajstić information content (AvgIpc) is 3.50. The molecule has 5 rings (SSSR count). The number of rotatable bonds is 7. The van der Waals surface area contributed by atoms with Crippen LogP contribution in [0.1, 0.15) is 18.4 Å². The minimum absolute atomic E-state index is 0.171. The molecule has 0 radical (unpaired) electrons. The smallest absolute Gasteiger partial charge is 0.266 e. The van der Waals surface area contributed by atoms with E-state index in [0.29, 0.717) is 27.4 Å². The summed E-state index contributed by atoms with van der Waals surface area (Å²) in [5.41, 5.74) is 3.52. The van der Waals surface area contributed by atoms with E-state index in [9.17, 15) is 4.79 Å². The van der Waals surface area contributed by atoms with Gasteiger partial charge in [-0.1, -0.05) is 23.7 Å². The molecule has 0 atom stereocenters. The first-order valence-electron chi connectivity index (χ1n) is 11.1. The summed E-state index contributed by atoms with van der Waals surface area (Å²) in [6.07, 6.45) is 5.58. The molecule has 2 aromatic carbocycles. The Hall–Kier alpha value is -3.35. The maximum absolute atomic E-state index is 13.2. The minimum atomic E-state index is -0.171. The van der Waals surface area contributed by atoms with Crippen LogP contribution < -0.4 is 10.9 Å². The highest BCUT2D eigenvalue weighted by molar-refractivity contribution is 6.30. The Bertz CT molecular complexity index is 1370. The van der Waals surface area contributed by atoms with Gasteiger partial charge in [0.15, 0.2) is 0 Å². The first-order valence-corrected chi connectivity index (χ1v) is 11.5. The molecule has 3 heterocycles. The van der Waals surface area contributed by atoms with E-state index in [1.54, 1.807) is 29.0 Å². The largest absolute Gasteiger partial charge is 0.456 e. The number of pyridine rings is 1. The standard InChI is InChI=1S/C26H25ClN4O2/c27-20-5-3-4-18(14-20)25-16-22-24(33-25)8-12-31(26(22)32)21-6-7-23(19(15-21)17-28)29-9-13-30-10-1-2-11-30/h3-8,12,14-17,28-29H,1-2,9-11,13H2. The lowest BCUT2D eigenvalue weighted by Gasteiger charge is -2.17. The molecular weight excluding hydrogens is 436 g/mol. The van der Waals surface area contributed by atoms with Gasteiger partial charge in [0.25, 0.3) is 5.56 Å². The van der Waals surface area contributed by atoms with E-state index in [-0.39, 0.29) is 5.56 Å². The first-order chi connectivity index (χ1) is 16.1. The number of fused-ring (bicyclic) bond motifs is 1. The summed E-state index contributed by atoms with van der Waals surface area (Å²) in [7, 11) is 0. The molecule has 2 N–H and O–H groups in total. The Kier molecular flexibility index (Phi) is 6.03. The van der Waals surface area contributed by atoms with Crippen molar-refractivity contribution in [1.29, 1.82) is 5.41 Å². The third kappa shape index (κ3) is 4.45. The normalized spacial score (nSPS) is 14.1. The van der Waals surface area contributed by atoms with Crippen molar-refractivity contribution in [3.8, 4) is 17.0 Å². The van der Waals surface area contributed by atoms with Crippen LogP contribution in [-0.4, -0.2) is 41.9 Å². The number of aromatic nitrogens is 1. The number of hydrogen-bond acceptors (Lipinski definition) is 5. The highest BCUT2D eigenvalue weighted by atomic mass is 35.5. The number of anilines is 1. The van der Waals surface area contributed by atoms with Crippen molar-refractivity contribution in [2.45, 2.75) is 12.8 Å². The van der Waals surface area contributed by atoms with Crippen molar-refractivity contribution in [2.24, 2.45) is 0 Å². The van der Waals surface area contributed by atoms with Crippen LogP contribution in [0.3, 0.4) is 0 Å². The molecule has 0 amide bonds. The molecule has 0 unspecified atom stereocenters. The molecule has 1 aliphatic rings. The molecule has 1 fully saturated rings. The van der Waals surface area contributed by atoms with Crippen LogP contribution in [0.15, 0.2) is 70.0 Å². The number of hydrogen-bond donors (Lipinski definition) is 2. The van der Waals surface area contributed by atoms with E-state index in [1.807, 2.05) is 36.4 Å². The second-order valence-corrected chi connectivity index (χ2v) is 8.72. The average molecular weight is 461 g/mol. The van der Waals surface area contributed by atoms with Crippen molar-refractivity contribution in [3.63, 3.8) is 0 Å². The Balaban J connectivity index is 1.42. The fraction of sp³-hybridized carbons (Fsp3) is 0.231. The van der Waals surface area contributed by atoms with Gasteiger partial charge >= 0.3 is 0 Å². The SMILES string of the molecule is N=Cc1cc(-n2ccc3oc(-c4cccc(Cl)c4)cc3c2=O)ccc1NCCN1CCCC1. The molecule has 1 saturated heterocycles. The van der Waals surface area contributed by atoms with Crippen molar-refractivity contribution < 1.29 is 4.42 Å². The van der Waals surface area contributed by atoms with Crippen LogP contribution in [-0.2, 0) is 0 Å². The number of benzene rings is 2. The summed E-state index contributed by atoms with van der Waals surface area (Å²) in [6.45, 7) is 4.14. The zero-order valence-electron chi connectivity index (χ0n) is 18.2. The van der Waals surface area contributed by atoms with Crippen LogP contribution in [0.5, 0.6) is 0 Å². The Morgan fingerprint density at radius 2 is 1.94 bits per heavy atom. The molecule has 0 spiro atoms. The fourth-order valence-electron chi connectivity index (χ4n) is 4.36. The molecule has 2 aromatic heterocycles. The fourth-order valence-corrected chi connectivity index (χ4v) is 4.55. The van der Waals surface area contributed by atoms with Gasteiger partial charge in [0.2, 0.25) is 0 Å². The monoisotopic (exact) mass is 460 g/mol. The summed E-state index contributed by atoms with van der Waals surface area (Å²) >= 11 is 6.10. The van der Waals surface area contributed by atoms with Gasteiger partial charge in [0.1, 0.15) is 11.3 Å². The van der Waals surface area contributed by atoms with E-state index in [2.05, 4.69) is 10.2 Å². The molecule has 6 nitrogen and oxygen atoms in total. The summed E-state index contributed by atoms with van der Waals surface area (Å²) in [5.74, 6) is 0.597. The molecule has 0 bridgehead atoms. The molecule has 168 valence electrons. The lowest BCUT2D eigenvalue weighted by molar-refractivity contribution is 0.352. The highest BCUT2D eigenvalue weighted by Gasteiger charge is 2.14. The lowest BCUT2D eigenvalue weighted by Crippen LogP contribution is -2.26. The first kappa shape index (κ1) is 21.5. The third-order valence-corrected chi connectivity index (χ3v) is 6.34. The molecule has 0 saturated carbocycles. The van der Waals surface area contributed by atoms with Gasteiger partial charge in [-0.3, -0.25) is 9.36 Å². The minimum Gasteiger partial charge on any atom is -0.456 e. The van der Waals surface area contributed by atoms with Gasteiger partial charge < -0.3 is 20.0 Å². The zero-order valence-corrected chi connectivity index (χ0v) is 18.9. The van der Waals surface area contributed by atoms with Gasteiger partial charge in [-0.05, 0) is 68.4 Å². The van der Waals surface area contributed by atoms with Gasteiger partial charge in [-0.2, -0.15) is 0 Å². The second-order valence-electron chi connectivity index (χ2n) is 8.28. The van der Waals surface area contributed by atoms with Crippen LogP contribution in [0.2, 0.25) is 5.02 Å². The van der Waals surface area contributed by atoms with Crippen molar-refractivity contribution in [3.05, 3.63) is 81.7 Å². The molecule has 4 aromatic rings. The Labute approximate surface area is 196 Å². The van der Waals surface area contributed by atoms with E-state index in [0.717, 1.165) is 43.0 Å². The number of nitrogens with one attached hydrogen (secondary N) is 2. The predicted octanol–water partition coefficient (Wildman–Crippen LogP) is 5.41. The van der Waals surface area contributed by atoms with Crippen LogP contribution in [0.25, 0.3) is 28.0 Å². The molecule has 0 aliphatic carbocycles. The van der Waals surface area contributed by atoms with Crippen molar-refractivity contribution in [2.75, 3.05) is 31.5 Å². The molecular formula is C26H25ClN4O2. The Morgan fingerprint density at radius 1 is 1.09 bits per heavy atom. The summed E-state index contributed by atoms with van der Waals surface area (Å²) in [4.78, 5) is 15.7. The zero-order chi connectivity index (χ0) is 22.8. The predicted molar refractivity (Wildman–Crippen MR) is 134 cm³/mol. The summed E-state index contributed by atoms with van der Waals surface area (Å²) in [5, 5.41) is 12.4. The number of likely N-dealkylation sites (tertiary alicyclic amines) is 1. The van der Waals surface area contributed by atoms with Gasteiger partial charge in [0.05, 0.1) is 5.39 Å². The topological polar surface area (TPSA) is 74.3 Å². The van der Waals surface area contributed by atoms with Gasteiger partial charge in [-0.25, -0.2) is 0 Å². The van der Waals surface area contributed by atoms with Crippen LogP contribution in [0, 0.1) is 5.41 Å². The van der Waals surface area contributed by atoms with Gasteiger partial charge in [0, 0.05) is 53.0 Å². The van der Waals surface area contributed by atoms with E-state index in [1.165, 1.54) is 19.1 Å². The molecule has 1 aliphatic heterocycles. The molecule has 7 heteroatoms. The van der Waals surface area contributed by atoms with E-state index in [4.69, 9.17) is 21.4 Å². The van der Waals surface area contributed by atoms with Crippen molar-refractivity contribution in [1.82, 2.24) is 9.47 Å². The van der Waals surface area contributed by atoms with Crippen LogP contribution >= 0.6 is 11.6 Å². The molecule has 33 heavy (non-hydrogen) atoms. The number of furan rings is 1. The third-order valence-electron chi connectivity index (χ3n) is 6.11. The van der Waals surface area contributed by atoms with Crippen molar-refractivity contribution >= 4 is 34.5 Å². The van der Waals surface area contributed by atoms with E-state index < -0.39 is 0 Å². The quantitative estimate of drug-likeness (QED) is 0.362. The maximum Gasteiger partial charge on any atom is 0.266 e. The second kappa shape index (κ2) is 9.25. The summed E-state index contributed by atoms with van der Waals surface area (Å²) < 4.78 is 7.49. The lowest BCUT2D eigenvalue weighted by atomic mass is 10.1. The van der Waals surface area contributed by atoms with E-state index >= 15 is 0 Å². The maximum atomic E-state index is 13.2. The highest BCUT2D eigenvalue weighted by Crippen LogP contribution is 2.28. The van der Waals surface area contributed by atoms with Crippen LogP contribution in [0.4, 0.5) is 5.69 Å².